The van der Waals surface area contributed by atoms with Crippen molar-refractivity contribution in [2.24, 2.45) is 0 Å². The predicted molar refractivity (Wildman–Crippen MR) is 51.8 cm³/mol. The van der Waals surface area contributed by atoms with E-state index in [0.717, 1.165) is 26.0 Å². The quantitative estimate of drug-likeness (QED) is 0.510. The van der Waals surface area contributed by atoms with Crippen molar-refractivity contribution >= 4 is 17.4 Å². The SMILES string of the molecule is CCCCNC(=S)OCCC. The van der Waals surface area contributed by atoms with Crippen LogP contribution in [0.25, 0.3) is 0 Å². The predicted octanol–water partition coefficient (Wildman–Crippen LogP) is 2.09. The number of hydrogen-bond acceptors (Lipinski definition) is 2. The van der Waals surface area contributed by atoms with E-state index >= 15 is 0 Å². The number of unbranched alkanes of at least 4 members (excludes halogenated alkanes) is 1. The molecule has 0 saturated heterocycles. The van der Waals surface area contributed by atoms with Gasteiger partial charge in [-0.15, -0.1) is 0 Å². The van der Waals surface area contributed by atoms with E-state index in [1.165, 1.54) is 6.42 Å². The molecule has 0 fully saturated rings. The average molecular weight is 175 g/mol. The molecule has 1 N–H and O–H groups in total. The van der Waals surface area contributed by atoms with E-state index < -0.39 is 0 Å². The Bertz CT molecular complexity index is 106. The smallest absolute Gasteiger partial charge is 0.256 e. The molecular formula is C8H17NOS. The van der Waals surface area contributed by atoms with E-state index in [-0.39, 0.29) is 0 Å². The van der Waals surface area contributed by atoms with Gasteiger partial charge >= 0.3 is 0 Å². The van der Waals surface area contributed by atoms with Crippen LogP contribution in [0.15, 0.2) is 0 Å². The zero-order valence-corrected chi connectivity index (χ0v) is 8.17. The van der Waals surface area contributed by atoms with Crippen LogP contribution >= 0.6 is 12.2 Å². The lowest BCUT2D eigenvalue weighted by atomic mass is 10.3. The third-order valence-electron chi connectivity index (χ3n) is 1.24. The molecule has 0 bridgehead atoms. The van der Waals surface area contributed by atoms with Gasteiger partial charge in [-0.2, -0.15) is 0 Å². The van der Waals surface area contributed by atoms with Crippen molar-refractivity contribution in [1.29, 1.82) is 0 Å². The molecule has 2 nitrogen and oxygen atoms in total. The van der Waals surface area contributed by atoms with Gasteiger partial charge in [0.2, 0.25) is 0 Å². The van der Waals surface area contributed by atoms with Crippen molar-refractivity contribution in [2.45, 2.75) is 33.1 Å². The summed E-state index contributed by atoms with van der Waals surface area (Å²) in [7, 11) is 0. The van der Waals surface area contributed by atoms with Gasteiger partial charge in [0.15, 0.2) is 0 Å². The number of rotatable bonds is 5. The molecule has 0 unspecified atom stereocenters. The van der Waals surface area contributed by atoms with Crippen LogP contribution in [-0.2, 0) is 4.74 Å². The van der Waals surface area contributed by atoms with Crippen LogP contribution in [0, 0.1) is 0 Å². The monoisotopic (exact) mass is 175 g/mol. The highest BCUT2D eigenvalue weighted by molar-refractivity contribution is 7.80. The van der Waals surface area contributed by atoms with Gasteiger partial charge in [0.05, 0.1) is 6.61 Å². The topological polar surface area (TPSA) is 21.3 Å². The Morgan fingerprint density at radius 1 is 1.36 bits per heavy atom. The van der Waals surface area contributed by atoms with Gasteiger partial charge < -0.3 is 10.1 Å². The molecule has 0 rings (SSSR count). The maximum absolute atomic E-state index is 5.16. The Hall–Kier alpha value is -0.310. The first-order valence-electron chi connectivity index (χ1n) is 4.21. The molecular weight excluding hydrogens is 158 g/mol. The highest BCUT2D eigenvalue weighted by atomic mass is 32.1. The van der Waals surface area contributed by atoms with Gasteiger partial charge in [0.1, 0.15) is 0 Å². The van der Waals surface area contributed by atoms with Gasteiger partial charge in [-0.25, -0.2) is 0 Å². The Labute approximate surface area is 74.3 Å². The fourth-order valence-electron chi connectivity index (χ4n) is 0.613. The molecule has 66 valence electrons. The second kappa shape index (κ2) is 7.79. The summed E-state index contributed by atoms with van der Waals surface area (Å²) in [5.74, 6) is 0. The van der Waals surface area contributed by atoms with Gasteiger partial charge in [0, 0.05) is 6.54 Å². The van der Waals surface area contributed by atoms with E-state index in [1.807, 2.05) is 0 Å². The molecule has 0 spiro atoms. The van der Waals surface area contributed by atoms with Gasteiger partial charge in [-0.3, -0.25) is 0 Å². The molecule has 11 heavy (non-hydrogen) atoms. The lowest BCUT2D eigenvalue weighted by Crippen LogP contribution is -2.25. The van der Waals surface area contributed by atoms with Gasteiger partial charge in [0.25, 0.3) is 5.17 Å². The van der Waals surface area contributed by atoms with Crippen molar-refractivity contribution in [2.75, 3.05) is 13.2 Å². The largest absolute Gasteiger partial charge is 0.471 e. The highest BCUT2D eigenvalue weighted by Crippen LogP contribution is 1.85. The fourth-order valence-corrected chi connectivity index (χ4v) is 0.798. The van der Waals surface area contributed by atoms with Crippen LogP contribution in [0.4, 0.5) is 0 Å². The molecule has 0 radical (unpaired) electrons. The molecule has 0 atom stereocenters. The second-order valence-corrected chi connectivity index (χ2v) is 2.79. The molecule has 3 heteroatoms. The first-order valence-corrected chi connectivity index (χ1v) is 4.62. The standard InChI is InChI=1S/C8H17NOS/c1-3-5-6-9-8(11)10-7-4-2/h3-7H2,1-2H3,(H,9,11). The Morgan fingerprint density at radius 3 is 2.64 bits per heavy atom. The molecule has 0 heterocycles. The number of ether oxygens (including phenoxy) is 1. The lowest BCUT2D eigenvalue weighted by Gasteiger charge is -2.07. The Balaban J connectivity index is 3.09. The Morgan fingerprint density at radius 2 is 2.09 bits per heavy atom. The van der Waals surface area contributed by atoms with Crippen LogP contribution in [0.2, 0.25) is 0 Å². The molecule has 0 aromatic heterocycles. The summed E-state index contributed by atoms with van der Waals surface area (Å²) in [5.41, 5.74) is 0. The third kappa shape index (κ3) is 7.59. The van der Waals surface area contributed by atoms with Crippen LogP contribution in [-0.4, -0.2) is 18.3 Å². The molecule has 0 saturated carbocycles. The van der Waals surface area contributed by atoms with E-state index in [9.17, 15) is 0 Å². The number of hydrogen-bond donors (Lipinski definition) is 1. The summed E-state index contributed by atoms with van der Waals surface area (Å²) in [5, 5.41) is 3.57. The van der Waals surface area contributed by atoms with Gasteiger partial charge in [-0.1, -0.05) is 20.3 Å². The maximum Gasteiger partial charge on any atom is 0.256 e. The van der Waals surface area contributed by atoms with E-state index in [1.54, 1.807) is 0 Å². The van der Waals surface area contributed by atoms with E-state index in [4.69, 9.17) is 17.0 Å². The minimum Gasteiger partial charge on any atom is -0.471 e. The minimum absolute atomic E-state index is 0.542. The van der Waals surface area contributed by atoms with Crippen LogP contribution < -0.4 is 5.32 Å². The van der Waals surface area contributed by atoms with E-state index in [2.05, 4.69) is 19.2 Å². The molecule has 0 aliphatic heterocycles. The summed E-state index contributed by atoms with van der Waals surface area (Å²) in [4.78, 5) is 0. The summed E-state index contributed by atoms with van der Waals surface area (Å²) in [6.45, 7) is 5.86. The van der Waals surface area contributed by atoms with Crippen molar-refractivity contribution in [1.82, 2.24) is 5.32 Å². The highest BCUT2D eigenvalue weighted by Gasteiger charge is 1.92. The Kier molecular flexibility index (Phi) is 7.57. The lowest BCUT2D eigenvalue weighted by molar-refractivity contribution is 0.298. The minimum atomic E-state index is 0.542. The van der Waals surface area contributed by atoms with Crippen molar-refractivity contribution in [3.63, 3.8) is 0 Å². The third-order valence-corrected chi connectivity index (χ3v) is 1.50. The molecule has 0 aliphatic rings. The zero-order valence-electron chi connectivity index (χ0n) is 7.35. The molecule has 0 amide bonds. The first-order chi connectivity index (χ1) is 5.31. The summed E-state index contributed by atoms with van der Waals surface area (Å²) in [6.07, 6.45) is 3.34. The summed E-state index contributed by atoms with van der Waals surface area (Å²) >= 11 is 4.90. The van der Waals surface area contributed by atoms with Crippen molar-refractivity contribution < 1.29 is 4.74 Å². The molecule has 0 aromatic carbocycles. The summed E-state index contributed by atoms with van der Waals surface area (Å²) in [6, 6.07) is 0. The average Bonchev–Trinajstić information content (AvgIpc) is 2.01. The first kappa shape index (κ1) is 10.7. The van der Waals surface area contributed by atoms with Crippen molar-refractivity contribution in [3.05, 3.63) is 0 Å². The van der Waals surface area contributed by atoms with Crippen LogP contribution in [0.5, 0.6) is 0 Å². The molecule has 0 aliphatic carbocycles. The van der Waals surface area contributed by atoms with E-state index in [0.29, 0.717) is 5.17 Å². The van der Waals surface area contributed by atoms with Gasteiger partial charge in [-0.05, 0) is 25.1 Å². The summed E-state index contributed by atoms with van der Waals surface area (Å²) < 4.78 is 5.16. The fraction of sp³-hybridized carbons (Fsp3) is 0.875. The van der Waals surface area contributed by atoms with Crippen molar-refractivity contribution in [3.8, 4) is 0 Å². The second-order valence-electron chi connectivity index (χ2n) is 2.42. The number of nitrogens with one attached hydrogen (secondary N) is 1. The molecule has 0 aromatic rings. The normalized spacial score (nSPS) is 9.27. The maximum atomic E-state index is 5.16. The van der Waals surface area contributed by atoms with Crippen LogP contribution in [0.3, 0.4) is 0 Å². The zero-order chi connectivity index (χ0) is 8.53. The number of thiocarbonyl (C=S) groups is 1. The van der Waals surface area contributed by atoms with Crippen LogP contribution in [0.1, 0.15) is 33.1 Å².